The molecule has 1 aliphatic heterocycles. The topological polar surface area (TPSA) is 55.1 Å². The molecule has 0 aromatic carbocycles. The van der Waals surface area contributed by atoms with E-state index in [0.717, 1.165) is 18.4 Å². The zero-order chi connectivity index (χ0) is 9.19. The summed E-state index contributed by atoms with van der Waals surface area (Å²) >= 11 is 0. The molecule has 0 spiro atoms. The fraction of sp³-hybridized carbons (Fsp3) is 0.667. The lowest BCUT2D eigenvalue weighted by molar-refractivity contribution is -0.116. The van der Waals surface area contributed by atoms with E-state index in [4.69, 9.17) is 5.73 Å². The molecule has 0 aromatic heterocycles. The highest BCUT2D eigenvalue weighted by molar-refractivity contribution is 5.96. The summed E-state index contributed by atoms with van der Waals surface area (Å²) < 4.78 is 0. The average Bonchev–Trinajstić information content (AvgIpc) is 2.20. The molecular formula is C9H16N2O. The van der Waals surface area contributed by atoms with E-state index < -0.39 is 0 Å². The molecule has 3 N–H and O–H groups in total. The first-order valence-electron chi connectivity index (χ1n) is 4.27. The van der Waals surface area contributed by atoms with Crippen LogP contribution in [0.5, 0.6) is 0 Å². The van der Waals surface area contributed by atoms with Crippen molar-refractivity contribution in [3.8, 4) is 0 Å². The third-order valence-electron chi connectivity index (χ3n) is 1.93. The number of nitrogens with two attached hydrogens (primary N) is 1. The van der Waals surface area contributed by atoms with Crippen molar-refractivity contribution in [3.63, 3.8) is 0 Å². The van der Waals surface area contributed by atoms with Gasteiger partial charge >= 0.3 is 0 Å². The van der Waals surface area contributed by atoms with E-state index in [-0.39, 0.29) is 11.4 Å². The zero-order valence-electron chi connectivity index (χ0n) is 7.68. The monoisotopic (exact) mass is 168 g/mol. The van der Waals surface area contributed by atoms with Gasteiger partial charge in [0, 0.05) is 17.5 Å². The van der Waals surface area contributed by atoms with Crippen LogP contribution in [0, 0.1) is 0 Å². The van der Waals surface area contributed by atoms with Crippen molar-refractivity contribution >= 4 is 5.91 Å². The summed E-state index contributed by atoms with van der Waals surface area (Å²) in [5.41, 5.74) is 6.15. The third-order valence-corrected chi connectivity index (χ3v) is 1.93. The Labute approximate surface area is 73.0 Å². The summed E-state index contributed by atoms with van der Waals surface area (Å²) in [4.78, 5) is 11.3. The normalized spacial score (nSPS) is 24.6. The number of rotatable bonds is 2. The molecular weight excluding hydrogens is 152 g/mol. The lowest BCUT2D eigenvalue weighted by atomic mass is 10.0. The Morgan fingerprint density at radius 1 is 1.67 bits per heavy atom. The molecule has 1 aliphatic rings. The Bertz CT molecular complexity index is 219. The maximum Gasteiger partial charge on any atom is 0.247 e. The van der Waals surface area contributed by atoms with Gasteiger partial charge in [0.2, 0.25) is 5.91 Å². The Balaban J connectivity index is 2.64. The van der Waals surface area contributed by atoms with Crippen LogP contribution < -0.4 is 11.1 Å². The largest absolute Gasteiger partial charge is 0.347 e. The summed E-state index contributed by atoms with van der Waals surface area (Å²) in [6.45, 7) is 4.65. The van der Waals surface area contributed by atoms with E-state index in [0.29, 0.717) is 6.54 Å². The van der Waals surface area contributed by atoms with Crippen LogP contribution in [-0.2, 0) is 4.79 Å². The fourth-order valence-electron chi connectivity index (χ4n) is 1.41. The van der Waals surface area contributed by atoms with Gasteiger partial charge in [0.05, 0.1) is 0 Å². The molecule has 3 nitrogen and oxygen atoms in total. The minimum atomic E-state index is -0.0719. The number of hydrogen-bond donors (Lipinski definition) is 2. The molecule has 1 saturated heterocycles. The van der Waals surface area contributed by atoms with Gasteiger partial charge in [-0.15, -0.1) is 0 Å². The van der Waals surface area contributed by atoms with E-state index in [1.807, 2.05) is 19.9 Å². The summed E-state index contributed by atoms with van der Waals surface area (Å²) in [5.74, 6) is 0.0634. The van der Waals surface area contributed by atoms with E-state index in [1.165, 1.54) is 0 Å². The van der Waals surface area contributed by atoms with Gasteiger partial charge in [-0.25, -0.2) is 0 Å². The van der Waals surface area contributed by atoms with Gasteiger partial charge in [-0.2, -0.15) is 0 Å². The Morgan fingerprint density at radius 2 is 2.33 bits per heavy atom. The summed E-state index contributed by atoms with van der Waals surface area (Å²) in [5, 5.41) is 2.90. The molecule has 0 radical (unpaired) electrons. The van der Waals surface area contributed by atoms with E-state index in [1.54, 1.807) is 0 Å². The maximum atomic E-state index is 11.3. The molecule has 0 aliphatic carbocycles. The van der Waals surface area contributed by atoms with Crippen LogP contribution in [-0.4, -0.2) is 18.0 Å². The lowest BCUT2D eigenvalue weighted by Crippen LogP contribution is -2.34. The van der Waals surface area contributed by atoms with Gasteiger partial charge in [0.1, 0.15) is 0 Å². The van der Waals surface area contributed by atoms with Crippen LogP contribution in [0.1, 0.15) is 26.7 Å². The standard InChI is InChI=1S/C9H16N2O/c1-9(2)6-7(4-3-5-10)8(12)11-9/h4H,3,5-6,10H2,1-2H3,(H,11,12). The fourth-order valence-corrected chi connectivity index (χ4v) is 1.41. The molecule has 1 fully saturated rings. The van der Waals surface area contributed by atoms with Crippen LogP contribution in [0.4, 0.5) is 0 Å². The first-order valence-corrected chi connectivity index (χ1v) is 4.27. The first kappa shape index (κ1) is 9.26. The van der Waals surface area contributed by atoms with Gasteiger partial charge in [-0.05, 0) is 26.8 Å². The molecule has 3 heteroatoms. The minimum Gasteiger partial charge on any atom is -0.347 e. The first-order chi connectivity index (χ1) is 5.55. The van der Waals surface area contributed by atoms with Gasteiger partial charge in [-0.3, -0.25) is 4.79 Å². The van der Waals surface area contributed by atoms with Crippen molar-refractivity contribution < 1.29 is 4.79 Å². The third kappa shape index (κ3) is 2.08. The van der Waals surface area contributed by atoms with Crippen molar-refractivity contribution in [2.24, 2.45) is 5.73 Å². The van der Waals surface area contributed by atoms with Gasteiger partial charge in [-0.1, -0.05) is 6.08 Å². The van der Waals surface area contributed by atoms with Crippen molar-refractivity contribution in [1.29, 1.82) is 0 Å². The van der Waals surface area contributed by atoms with Gasteiger partial charge in [0.25, 0.3) is 0 Å². The van der Waals surface area contributed by atoms with E-state index in [2.05, 4.69) is 5.32 Å². The molecule has 0 atom stereocenters. The van der Waals surface area contributed by atoms with Crippen LogP contribution in [0.15, 0.2) is 11.6 Å². The van der Waals surface area contributed by atoms with Crippen LogP contribution >= 0.6 is 0 Å². The highest BCUT2D eigenvalue weighted by Crippen LogP contribution is 2.23. The second-order valence-corrected chi connectivity index (χ2v) is 3.82. The number of carbonyl (C=O) groups excluding carboxylic acids is 1. The Hall–Kier alpha value is -0.830. The number of amides is 1. The van der Waals surface area contributed by atoms with E-state index in [9.17, 15) is 4.79 Å². The molecule has 0 bridgehead atoms. The molecule has 1 rings (SSSR count). The van der Waals surface area contributed by atoms with E-state index >= 15 is 0 Å². The molecule has 0 aromatic rings. The molecule has 0 saturated carbocycles. The quantitative estimate of drug-likeness (QED) is 0.592. The SMILES string of the molecule is CC1(C)CC(=CCCN)C(=O)N1. The van der Waals surface area contributed by atoms with Crippen LogP contribution in [0.25, 0.3) is 0 Å². The number of hydrogen-bond acceptors (Lipinski definition) is 2. The highest BCUT2D eigenvalue weighted by Gasteiger charge is 2.31. The van der Waals surface area contributed by atoms with Crippen molar-refractivity contribution in [2.45, 2.75) is 32.2 Å². The Kier molecular flexibility index (Phi) is 2.52. The molecule has 1 amide bonds. The molecule has 1 heterocycles. The predicted molar refractivity (Wildman–Crippen MR) is 48.6 cm³/mol. The predicted octanol–water partition coefficient (Wildman–Crippen LogP) is 0.560. The second-order valence-electron chi connectivity index (χ2n) is 3.82. The summed E-state index contributed by atoms with van der Waals surface area (Å²) in [6.07, 6.45) is 3.54. The van der Waals surface area contributed by atoms with Crippen LogP contribution in [0.3, 0.4) is 0 Å². The Morgan fingerprint density at radius 3 is 2.75 bits per heavy atom. The molecule has 68 valence electrons. The van der Waals surface area contributed by atoms with Crippen molar-refractivity contribution in [1.82, 2.24) is 5.32 Å². The van der Waals surface area contributed by atoms with Crippen molar-refractivity contribution in [2.75, 3.05) is 6.54 Å². The van der Waals surface area contributed by atoms with Crippen LogP contribution in [0.2, 0.25) is 0 Å². The zero-order valence-corrected chi connectivity index (χ0v) is 7.68. The minimum absolute atomic E-state index is 0.0634. The molecule has 0 unspecified atom stereocenters. The summed E-state index contributed by atoms with van der Waals surface area (Å²) in [7, 11) is 0. The van der Waals surface area contributed by atoms with Gasteiger partial charge < -0.3 is 11.1 Å². The second kappa shape index (κ2) is 3.27. The number of carbonyl (C=O) groups is 1. The lowest BCUT2D eigenvalue weighted by Gasteiger charge is -2.15. The maximum absolute atomic E-state index is 11.3. The molecule has 12 heavy (non-hydrogen) atoms. The average molecular weight is 168 g/mol. The van der Waals surface area contributed by atoms with Gasteiger partial charge in [0.15, 0.2) is 0 Å². The number of nitrogens with one attached hydrogen (secondary N) is 1. The smallest absolute Gasteiger partial charge is 0.247 e. The summed E-state index contributed by atoms with van der Waals surface area (Å²) in [6, 6.07) is 0. The highest BCUT2D eigenvalue weighted by atomic mass is 16.2. The van der Waals surface area contributed by atoms with Crippen molar-refractivity contribution in [3.05, 3.63) is 11.6 Å².